The van der Waals surface area contributed by atoms with E-state index in [2.05, 4.69) is 194 Å². The number of aromatic nitrogens is 3. The van der Waals surface area contributed by atoms with Crippen LogP contribution in [-0.2, 0) is 0 Å². The third-order valence-electron chi connectivity index (χ3n) is 12.6. The number of benzene rings is 10. The predicted molar refractivity (Wildman–Crippen MR) is 273 cm³/mol. The van der Waals surface area contributed by atoms with E-state index in [4.69, 9.17) is 15.0 Å². The van der Waals surface area contributed by atoms with Crippen molar-refractivity contribution >= 4 is 84.6 Å². The van der Waals surface area contributed by atoms with Gasteiger partial charge in [-0.2, -0.15) is 0 Å². The zero-order valence-corrected chi connectivity index (χ0v) is 36.0. The largest absolute Gasteiger partial charge is 0.208 e. The van der Waals surface area contributed by atoms with Crippen molar-refractivity contribution < 1.29 is 0 Å². The highest BCUT2D eigenvalue weighted by molar-refractivity contribution is 7.26. The molecule has 0 fully saturated rings. The zero-order valence-electron chi connectivity index (χ0n) is 34.4. The van der Waals surface area contributed by atoms with Crippen LogP contribution in [0.25, 0.3) is 129 Å². The van der Waals surface area contributed by atoms with Crippen LogP contribution >= 0.6 is 22.7 Å². The van der Waals surface area contributed by atoms with Crippen LogP contribution < -0.4 is 0 Å². The van der Waals surface area contributed by atoms with E-state index in [1.165, 1.54) is 73.0 Å². The summed E-state index contributed by atoms with van der Waals surface area (Å²) < 4.78 is 5.08. The summed E-state index contributed by atoms with van der Waals surface area (Å²) in [4.78, 5) is 16.0. The third-order valence-corrected chi connectivity index (χ3v) is 15.0. The summed E-state index contributed by atoms with van der Waals surface area (Å²) in [7, 11) is 0. The number of thiophene rings is 2. The highest BCUT2D eigenvalue weighted by Gasteiger charge is 2.21. The number of fused-ring (bicyclic) bond motifs is 9. The Balaban J connectivity index is 1.03. The Hall–Kier alpha value is -7.83. The molecule has 10 aromatic carbocycles. The van der Waals surface area contributed by atoms with Crippen LogP contribution in [0.15, 0.2) is 212 Å². The molecule has 0 saturated heterocycles. The molecule has 0 spiro atoms. The molecule has 3 heterocycles. The van der Waals surface area contributed by atoms with E-state index in [9.17, 15) is 0 Å². The minimum absolute atomic E-state index is 0.627. The van der Waals surface area contributed by atoms with Crippen LogP contribution in [0.4, 0.5) is 0 Å². The van der Waals surface area contributed by atoms with Crippen molar-refractivity contribution in [2.45, 2.75) is 0 Å². The first-order chi connectivity index (χ1) is 31.7. The highest BCUT2D eigenvalue weighted by Crippen LogP contribution is 2.46. The molecule has 3 aromatic heterocycles. The maximum atomic E-state index is 5.42. The van der Waals surface area contributed by atoms with Crippen LogP contribution in [0.2, 0.25) is 0 Å². The lowest BCUT2D eigenvalue weighted by Crippen LogP contribution is -2.01. The molecular formula is C59H35N3S2. The lowest BCUT2D eigenvalue weighted by molar-refractivity contribution is 1.07. The van der Waals surface area contributed by atoms with Crippen molar-refractivity contribution in [1.29, 1.82) is 0 Å². The summed E-state index contributed by atoms with van der Waals surface area (Å²) in [5.74, 6) is 1.89. The molecule has 0 aliphatic heterocycles. The molecule has 0 atom stereocenters. The Kier molecular flexibility index (Phi) is 8.58. The normalized spacial score (nSPS) is 11.8. The first-order valence-corrected chi connectivity index (χ1v) is 23.1. The molecule has 3 nitrogen and oxygen atoms in total. The standard InChI is InChI=1S/C59H35N3S2/c1-2-14-37(15-3-1)57-60-58(38-30-28-36(29-31-38)51-34-39-16-4-5-17-41(39)43-18-6-7-19-44(43)51)62-59(61-57)52-35-40(42-22-12-24-49-46-20-8-10-26-53(46)63-55(42)49)32-33-45(52)48-23-13-25-50-47-21-9-11-27-54(47)64-56(48)50/h1-35H. The van der Waals surface area contributed by atoms with Crippen LogP contribution in [-0.4, -0.2) is 15.0 Å². The monoisotopic (exact) mass is 849 g/mol. The van der Waals surface area contributed by atoms with Crippen molar-refractivity contribution in [2.24, 2.45) is 0 Å². The van der Waals surface area contributed by atoms with E-state index in [1.807, 2.05) is 40.9 Å². The molecule has 0 aliphatic rings. The molecule has 298 valence electrons. The molecule has 0 radical (unpaired) electrons. The average Bonchev–Trinajstić information content (AvgIpc) is 3.95. The van der Waals surface area contributed by atoms with Gasteiger partial charge < -0.3 is 0 Å². The first kappa shape index (κ1) is 36.8. The maximum absolute atomic E-state index is 5.42. The van der Waals surface area contributed by atoms with Crippen LogP contribution in [0, 0.1) is 0 Å². The lowest BCUT2D eigenvalue weighted by atomic mass is 9.92. The summed E-state index contributed by atoms with van der Waals surface area (Å²) in [6.07, 6.45) is 0. The van der Waals surface area contributed by atoms with Gasteiger partial charge in [-0.1, -0.05) is 188 Å². The second-order valence-electron chi connectivity index (χ2n) is 16.3. The summed E-state index contributed by atoms with van der Waals surface area (Å²) in [5.41, 5.74) is 9.73. The van der Waals surface area contributed by atoms with Gasteiger partial charge in [0.05, 0.1) is 0 Å². The van der Waals surface area contributed by atoms with Crippen LogP contribution in [0.3, 0.4) is 0 Å². The van der Waals surface area contributed by atoms with Crippen molar-refractivity contribution in [3.05, 3.63) is 212 Å². The third kappa shape index (κ3) is 6.04. The van der Waals surface area contributed by atoms with E-state index in [0.29, 0.717) is 17.5 Å². The Morgan fingerprint density at radius 3 is 1.45 bits per heavy atom. The Morgan fingerprint density at radius 1 is 0.250 bits per heavy atom. The molecular weight excluding hydrogens is 815 g/mol. The molecule has 0 amide bonds. The van der Waals surface area contributed by atoms with Crippen molar-refractivity contribution in [1.82, 2.24) is 15.0 Å². The Bertz CT molecular complexity index is 3960. The topological polar surface area (TPSA) is 38.7 Å². The van der Waals surface area contributed by atoms with Crippen LogP contribution in [0.5, 0.6) is 0 Å². The van der Waals surface area contributed by atoms with E-state index in [1.54, 1.807) is 0 Å². The quantitative estimate of drug-likeness (QED) is 0.156. The fourth-order valence-corrected chi connectivity index (χ4v) is 12.0. The Labute approximate surface area is 377 Å². The molecule has 13 rings (SSSR count). The highest BCUT2D eigenvalue weighted by atomic mass is 32.1. The summed E-state index contributed by atoms with van der Waals surface area (Å²) in [5, 5.41) is 10.0. The number of hydrogen-bond donors (Lipinski definition) is 0. The molecule has 0 N–H and O–H groups in total. The minimum Gasteiger partial charge on any atom is -0.208 e. The second kappa shape index (κ2) is 14.9. The van der Waals surface area contributed by atoms with E-state index >= 15 is 0 Å². The predicted octanol–water partition coefficient (Wildman–Crippen LogP) is 16.9. The van der Waals surface area contributed by atoms with Gasteiger partial charge in [-0.15, -0.1) is 22.7 Å². The fourth-order valence-electron chi connectivity index (χ4n) is 9.50. The molecule has 0 saturated carbocycles. The van der Waals surface area contributed by atoms with Gasteiger partial charge in [-0.25, -0.2) is 15.0 Å². The molecule has 0 unspecified atom stereocenters. The zero-order chi connectivity index (χ0) is 42.1. The summed E-state index contributed by atoms with van der Waals surface area (Å²) in [6.45, 7) is 0. The maximum Gasteiger partial charge on any atom is 0.164 e. The van der Waals surface area contributed by atoms with Gasteiger partial charge in [0, 0.05) is 62.6 Å². The smallest absolute Gasteiger partial charge is 0.164 e. The van der Waals surface area contributed by atoms with Crippen molar-refractivity contribution in [3.63, 3.8) is 0 Å². The number of hydrogen-bond acceptors (Lipinski definition) is 5. The van der Waals surface area contributed by atoms with Gasteiger partial charge in [0.15, 0.2) is 17.5 Å². The van der Waals surface area contributed by atoms with Crippen LogP contribution in [0.1, 0.15) is 0 Å². The first-order valence-electron chi connectivity index (χ1n) is 21.5. The van der Waals surface area contributed by atoms with Gasteiger partial charge >= 0.3 is 0 Å². The number of nitrogens with zero attached hydrogens (tertiary/aromatic N) is 3. The van der Waals surface area contributed by atoms with E-state index in [0.717, 1.165) is 38.9 Å². The summed E-state index contributed by atoms with van der Waals surface area (Å²) in [6, 6.07) is 76.3. The van der Waals surface area contributed by atoms with Gasteiger partial charge in [-0.3, -0.25) is 0 Å². The second-order valence-corrected chi connectivity index (χ2v) is 18.4. The van der Waals surface area contributed by atoms with Gasteiger partial charge in [0.1, 0.15) is 0 Å². The molecule has 64 heavy (non-hydrogen) atoms. The van der Waals surface area contributed by atoms with E-state index < -0.39 is 0 Å². The summed E-state index contributed by atoms with van der Waals surface area (Å²) >= 11 is 3.69. The molecule has 0 aliphatic carbocycles. The molecule has 0 bridgehead atoms. The van der Waals surface area contributed by atoms with E-state index in [-0.39, 0.29) is 0 Å². The average molecular weight is 850 g/mol. The van der Waals surface area contributed by atoms with Crippen molar-refractivity contribution in [3.8, 4) is 67.5 Å². The number of rotatable bonds is 6. The van der Waals surface area contributed by atoms with Gasteiger partial charge in [0.2, 0.25) is 0 Å². The Morgan fingerprint density at radius 2 is 0.750 bits per heavy atom. The SMILES string of the molecule is c1ccc(-c2nc(-c3ccc(-c4cc5ccccc5c5ccccc45)cc3)nc(-c3cc(-c4cccc5c4sc4ccccc45)ccc3-c3cccc4c3sc3ccccc34)n2)cc1. The fraction of sp³-hybridized carbons (Fsp3) is 0. The van der Waals surface area contributed by atoms with Crippen molar-refractivity contribution in [2.75, 3.05) is 0 Å². The van der Waals surface area contributed by atoms with Gasteiger partial charge in [0.25, 0.3) is 0 Å². The lowest BCUT2D eigenvalue weighted by Gasteiger charge is -2.15. The van der Waals surface area contributed by atoms with Gasteiger partial charge in [-0.05, 0) is 73.6 Å². The molecule has 13 aromatic rings. The molecule has 5 heteroatoms. The minimum atomic E-state index is 0.627.